The molecular weight excluding hydrogens is 182 g/mol. The second-order valence-electron chi connectivity index (χ2n) is 2.15. The lowest BCUT2D eigenvalue weighted by atomic mass is 10.4. The van der Waals surface area contributed by atoms with Gasteiger partial charge in [-0.2, -0.15) is 0 Å². The molecule has 0 aliphatic carbocycles. The van der Waals surface area contributed by atoms with Crippen LogP contribution in [-0.2, 0) is 7.05 Å². The Hall–Kier alpha value is -0.680. The number of aromatic carboxylic acids is 1. The Labute approximate surface area is 72.9 Å². The van der Waals surface area contributed by atoms with Crippen molar-refractivity contribution in [2.24, 2.45) is 7.05 Å². The minimum Gasteiger partial charge on any atom is -0.477 e. The molecule has 1 aromatic heterocycles. The topological polar surface area (TPSA) is 42.2 Å². The molecule has 0 aliphatic heterocycles. The molecular formula is C6H7NO2S2. The van der Waals surface area contributed by atoms with Crippen molar-refractivity contribution in [2.75, 3.05) is 0 Å². The molecule has 3 nitrogen and oxygen atoms in total. The van der Waals surface area contributed by atoms with Gasteiger partial charge in [0.05, 0.1) is 0 Å². The molecule has 0 atom stereocenters. The highest BCUT2D eigenvalue weighted by Crippen LogP contribution is 2.16. The number of carboxylic acid groups (broad SMARTS) is 1. The number of nitrogens with zero attached hydrogens (tertiary/aromatic N) is 1. The van der Waals surface area contributed by atoms with E-state index in [1.807, 2.05) is 0 Å². The average molecular weight is 189 g/mol. The molecule has 0 saturated carbocycles. The van der Waals surface area contributed by atoms with Crippen LogP contribution in [0.25, 0.3) is 0 Å². The summed E-state index contributed by atoms with van der Waals surface area (Å²) in [5, 5.41) is 8.65. The third kappa shape index (κ3) is 1.34. The number of hydrogen-bond donors (Lipinski definition) is 1. The minimum absolute atomic E-state index is 0.331. The van der Waals surface area contributed by atoms with E-state index in [0.29, 0.717) is 14.5 Å². The van der Waals surface area contributed by atoms with Crippen LogP contribution in [0.3, 0.4) is 0 Å². The molecule has 1 N–H and O–H groups in total. The van der Waals surface area contributed by atoms with Crippen molar-refractivity contribution in [2.45, 2.75) is 6.92 Å². The van der Waals surface area contributed by atoms with E-state index in [4.69, 9.17) is 17.3 Å². The van der Waals surface area contributed by atoms with E-state index in [2.05, 4.69) is 0 Å². The predicted molar refractivity (Wildman–Crippen MR) is 45.8 cm³/mol. The second-order valence-corrected chi connectivity index (χ2v) is 3.79. The normalized spacial score (nSPS) is 10.0. The first-order chi connectivity index (χ1) is 5.04. The highest BCUT2D eigenvalue weighted by atomic mass is 32.1. The Bertz CT molecular complexity index is 350. The van der Waals surface area contributed by atoms with Gasteiger partial charge in [-0.25, -0.2) is 4.79 Å². The quantitative estimate of drug-likeness (QED) is 0.685. The van der Waals surface area contributed by atoms with Gasteiger partial charge in [0.15, 0.2) is 3.95 Å². The molecule has 5 heteroatoms. The number of rotatable bonds is 1. The van der Waals surface area contributed by atoms with Crippen LogP contribution in [0.5, 0.6) is 0 Å². The van der Waals surface area contributed by atoms with Crippen LogP contribution in [0.2, 0.25) is 0 Å². The van der Waals surface area contributed by atoms with Gasteiger partial charge in [-0.3, -0.25) is 0 Å². The monoisotopic (exact) mass is 189 g/mol. The Morgan fingerprint density at radius 3 is 2.45 bits per heavy atom. The molecule has 11 heavy (non-hydrogen) atoms. The number of carbonyl (C=O) groups is 1. The Balaban J connectivity index is 3.42. The number of carboxylic acids is 1. The van der Waals surface area contributed by atoms with Gasteiger partial charge in [-0.15, -0.1) is 0 Å². The molecule has 0 spiro atoms. The van der Waals surface area contributed by atoms with Gasteiger partial charge in [0.2, 0.25) is 0 Å². The fourth-order valence-electron chi connectivity index (χ4n) is 0.717. The smallest absolute Gasteiger partial charge is 0.347 e. The highest BCUT2D eigenvalue weighted by molar-refractivity contribution is 7.73. The van der Waals surface area contributed by atoms with Crippen molar-refractivity contribution >= 4 is 29.5 Å². The van der Waals surface area contributed by atoms with Crippen LogP contribution in [0.15, 0.2) is 0 Å². The summed E-state index contributed by atoms with van der Waals surface area (Å²) in [5.74, 6) is -0.904. The van der Waals surface area contributed by atoms with Crippen molar-refractivity contribution in [3.8, 4) is 0 Å². The van der Waals surface area contributed by atoms with Gasteiger partial charge in [-0.05, 0) is 19.1 Å². The number of aromatic nitrogens is 1. The van der Waals surface area contributed by atoms with Crippen LogP contribution in [0, 0.1) is 10.9 Å². The Morgan fingerprint density at radius 2 is 2.27 bits per heavy atom. The first-order valence-electron chi connectivity index (χ1n) is 2.93. The first kappa shape index (κ1) is 8.42. The SMILES string of the molecule is Cc1c(C(=O)O)sc(=S)n1C. The lowest BCUT2D eigenvalue weighted by Crippen LogP contribution is -1.98. The maximum Gasteiger partial charge on any atom is 0.347 e. The molecule has 0 unspecified atom stereocenters. The van der Waals surface area contributed by atoms with Crippen LogP contribution in [-0.4, -0.2) is 15.6 Å². The van der Waals surface area contributed by atoms with E-state index < -0.39 is 5.97 Å². The maximum atomic E-state index is 10.5. The van der Waals surface area contributed by atoms with E-state index >= 15 is 0 Å². The molecule has 0 saturated heterocycles. The minimum atomic E-state index is -0.904. The van der Waals surface area contributed by atoms with Gasteiger partial charge >= 0.3 is 5.97 Å². The van der Waals surface area contributed by atoms with Gasteiger partial charge in [0.25, 0.3) is 0 Å². The van der Waals surface area contributed by atoms with E-state index in [1.165, 1.54) is 0 Å². The lowest BCUT2D eigenvalue weighted by Gasteiger charge is -1.93. The van der Waals surface area contributed by atoms with E-state index in [9.17, 15) is 4.79 Å². The van der Waals surface area contributed by atoms with E-state index in [1.54, 1.807) is 18.5 Å². The van der Waals surface area contributed by atoms with Gasteiger partial charge in [0.1, 0.15) is 4.88 Å². The second kappa shape index (κ2) is 2.75. The summed E-state index contributed by atoms with van der Waals surface area (Å²) >= 11 is 6.03. The summed E-state index contributed by atoms with van der Waals surface area (Å²) < 4.78 is 2.30. The fourth-order valence-corrected chi connectivity index (χ4v) is 1.92. The van der Waals surface area contributed by atoms with E-state index in [0.717, 1.165) is 11.3 Å². The zero-order chi connectivity index (χ0) is 8.59. The zero-order valence-electron chi connectivity index (χ0n) is 6.12. The standard InChI is InChI=1S/C6H7NO2S2/c1-3-4(5(8)9)11-6(10)7(3)2/h1-2H3,(H,8,9). The molecule has 1 heterocycles. The van der Waals surface area contributed by atoms with Crippen molar-refractivity contribution in [1.29, 1.82) is 0 Å². The summed E-state index contributed by atoms with van der Waals surface area (Å²) in [7, 11) is 1.76. The Morgan fingerprint density at radius 1 is 1.73 bits per heavy atom. The summed E-state index contributed by atoms with van der Waals surface area (Å²) in [4.78, 5) is 10.9. The molecule has 60 valence electrons. The molecule has 0 fully saturated rings. The molecule has 0 aromatic carbocycles. The zero-order valence-corrected chi connectivity index (χ0v) is 7.75. The van der Waals surface area contributed by atoms with Gasteiger partial charge < -0.3 is 9.67 Å². The number of hydrogen-bond acceptors (Lipinski definition) is 3. The summed E-state index contributed by atoms with van der Waals surface area (Å²) in [6, 6.07) is 0. The van der Waals surface area contributed by atoms with Gasteiger partial charge in [-0.1, -0.05) is 11.3 Å². The van der Waals surface area contributed by atoms with E-state index in [-0.39, 0.29) is 0 Å². The van der Waals surface area contributed by atoms with Crippen molar-refractivity contribution in [1.82, 2.24) is 4.57 Å². The highest BCUT2D eigenvalue weighted by Gasteiger charge is 2.11. The summed E-state index contributed by atoms with van der Waals surface area (Å²) in [6.45, 7) is 1.75. The average Bonchev–Trinajstić information content (AvgIpc) is 2.17. The summed E-state index contributed by atoms with van der Waals surface area (Å²) in [6.07, 6.45) is 0. The largest absolute Gasteiger partial charge is 0.477 e. The predicted octanol–water partition coefficient (Wildman–Crippen LogP) is 1.82. The van der Waals surface area contributed by atoms with Crippen LogP contribution in [0.4, 0.5) is 0 Å². The molecule has 0 radical (unpaired) electrons. The van der Waals surface area contributed by atoms with Crippen molar-refractivity contribution < 1.29 is 9.90 Å². The van der Waals surface area contributed by atoms with Crippen molar-refractivity contribution in [3.05, 3.63) is 14.5 Å². The molecule has 0 bridgehead atoms. The molecule has 1 aromatic rings. The fraction of sp³-hybridized carbons (Fsp3) is 0.333. The van der Waals surface area contributed by atoms with Crippen molar-refractivity contribution in [3.63, 3.8) is 0 Å². The van der Waals surface area contributed by atoms with Gasteiger partial charge in [0, 0.05) is 12.7 Å². The summed E-state index contributed by atoms with van der Waals surface area (Å²) in [5.41, 5.74) is 0.715. The first-order valence-corrected chi connectivity index (χ1v) is 4.16. The van der Waals surface area contributed by atoms with Crippen LogP contribution < -0.4 is 0 Å². The lowest BCUT2D eigenvalue weighted by molar-refractivity contribution is 0.0701. The number of thiazole rings is 1. The van der Waals surface area contributed by atoms with Crippen LogP contribution >= 0.6 is 23.6 Å². The molecule has 0 amide bonds. The van der Waals surface area contributed by atoms with Crippen LogP contribution in [0.1, 0.15) is 15.4 Å². The maximum absolute atomic E-state index is 10.5. The third-order valence-corrected chi connectivity index (χ3v) is 3.14. The Kier molecular flexibility index (Phi) is 2.10. The third-order valence-electron chi connectivity index (χ3n) is 1.49. The molecule has 0 aliphatic rings. The molecule has 1 rings (SSSR count).